The zero-order chi connectivity index (χ0) is 8.55. The molecule has 0 aliphatic heterocycles. The molecule has 0 atom stereocenters. The van der Waals surface area contributed by atoms with Crippen LogP contribution in [0.4, 0.5) is 0 Å². The number of H-pyrrole nitrogens is 1. The molecule has 2 nitrogen and oxygen atoms in total. The van der Waals surface area contributed by atoms with Crippen LogP contribution in [0, 0.1) is 5.92 Å². The second-order valence-corrected chi connectivity index (χ2v) is 3.68. The van der Waals surface area contributed by atoms with E-state index in [1.54, 1.807) is 0 Å². The van der Waals surface area contributed by atoms with Crippen LogP contribution in [0.1, 0.15) is 33.0 Å². The van der Waals surface area contributed by atoms with Gasteiger partial charge in [0.25, 0.3) is 0 Å². The summed E-state index contributed by atoms with van der Waals surface area (Å²) in [5.74, 6) is 0.668. The summed E-state index contributed by atoms with van der Waals surface area (Å²) in [6.45, 7) is 4.49. The van der Waals surface area contributed by atoms with E-state index in [0.29, 0.717) is 5.92 Å². The Labute approximate surface area is 74.2 Å². The Kier molecular flexibility index (Phi) is 1.75. The first-order valence-corrected chi connectivity index (χ1v) is 4.50. The Hall–Kier alpha value is -1.05. The molecule has 0 unspecified atom stereocenters. The smallest absolute Gasteiger partial charge is 0.0609 e. The van der Waals surface area contributed by atoms with E-state index in [2.05, 4.69) is 30.1 Å². The lowest BCUT2D eigenvalue weighted by atomic mass is 9.91. The molecule has 0 radical (unpaired) electrons. The number of hydrogen-bond acceptors (Lipinski definition) is 1. The van der Waals surface area contributed by atoms with Crippen LogP contribution in [0.2, 0.25) is 0 Å². The molecule has 12 heavy (non-hydrogen) atoms. The number of nitrogens with one attached hydrogen (secondary N) is 1. The molecular weight excluding hydrogens is 148 g/mol. The van der Waals surface area contributed by atoms with Crippen molar-refractivity contribution in [2.75, 3.05) is 0 Å². The quantitative estimate of drug-likeness (QED) is 0.679. The van der Waals surface area contributed by atoms with Crippen LogP contribution in [0.25, 0.3) is 6.08 Å². The Morgan fingerprint density at radius 1 is 1.50 bits per heavy atom. The minimum Gasteiger partial charge on any atom is -0.278 e. The summed E-state index contributed by atoms with van der Waals surface area (Å²) in [6.07, 6.45) is 6.53. The summed E-state index contributed by atoms with van der Waals surface area (Å²) < 4.78 is 0. The molecule has 0 aromatic carbocycles. The molecule has 0 spiro atoms. The van der Waals surface area contributed by atoms with E-state index in [4.69, 9.17) is 0 Å². The first-order chi connectivity index (χ1) is 5.77. The van der Waals surface area contributed by atoms with Gasteiger partial charge in [0, 0.05) is 1.43 Å². The molecule has 1 aliphatic carbocycles. The van der Waals surface area contributed by atoms with Gasteiger partial charge in [0.1, 0.15) is 0 Å². The highest BCUT2D eigenvalue weighted by atomic mass is 15.1. The zero-order valence-electron chi connectivity index (χ0n) is 7.59. The first-order valence-electron chi connectivity index (χ1n) is 4.50. The second-order valence-electron chi connectivity index (χ2n) is 3.68. The molecule has 66 valence electrons. The monoisotopic (exact) mass is 164 g/mol. The van der Waals surface area contributed by atoms with Gasteiger partial charge in [0.2, 0.25) is 0 Å². The standard InChI is InChI=1S/C10H14N2.H2/c1-7(2)8-3-4-9-6-11-12-10(9)5-8;/h5-7H,3-4H2,1-2H3,(H,11,12);1H. The van der Waals surface area contributed by atoms with Crippen LogP contribution in [0.15, 0.2) is 11.8 Å². The van der Waals surface area contributed by atoms with Crippen LogP contribution in [0.3, 0.4) is 0 Å². The predicted molar refractivity (Wildman–Crippen MR) is 51.8 cm³/mol. The van der Waals surface area contributed by atoms with Crippen molar-refractivity contribution in [1.29, 1.82) is 0 Å². The average Bonchev–Trinajstić information content (AvgIpc) is 2.49. The van der Waals surface area contributed by atoms with Crippen molar-refractivity contribution < 1.29 is 1.43 Å². The van der Waals surface area contributed by atoms with Crippen molar-refractivity contribution in [2.24, 2.45) is 5.92 Å². The molecule has 0 fully saturated rings. The van der Waals surface area contributed by atoms with E-state index in [0.717, 1.165) is 6.42 Å². The molecule has 0 bridgehead atoms. The number of hydrogen-bond donors (Lipinski definition) is 1. The van der Waals surface area contributed by atoms with Gasteiger partial charge in [0.05, 0.1) is 11.9 Å². The molecule has 0 saturated carbocycles. The van der Waals surface area contributed by atoms with Crippen LogP contribution in [0.5, 0.6) is 0 Å². The third kappa shape index (κ3) is 1.17. The fourth-order valence-electron chi connectivity index (χ4n) is 1.64. The molecule has 1 aliphatic rings. The fraction of sp³-hybridized carbons (Fsp3) is 0.500. The topological polar surface area (TPSA) is 28.7 Å². The lowest BCUT2D eigenvalue weighted by Gasteiger charge is -2.15. The van der Waals surface area contributed by atoms with Crippen molar-refractivity contribution in [2.45, 2.75) is 26.7 Å². The number of rotatable bonds is 1. The summed E-state index contributed by atoms with van der Waals surface area (Å²) in [6, 6.07) is 0. The van der Waals surface area contributed by atoms with Gasteiger partial charge in [-0.3, -0.25) is 5.10 Å². The lowest BCUT2D eigenvalue weighted by Crippen LogP contribution is -2.02. The maximum absolute atomic E-state index is 4.03. The second kappa shape index (κ2) is 2.77. The highest BCUT2D eigenvalue weighted by molar-refractivity contribution is 5.55. The third-order valence-electron chi connectivity index (χ3n) is 2.51. The van der Waals surface area contributed by atoms with E-state index in [1.165, 1.54) is 23.3 Å². The largest absolute Gasteiger partial charge is 0.278 e. The highest BCUT2D eigenvalue weighted by Gasteiger charge is 2.13. The Balaban J connectivity index is 0.000000845. The van der Waals surface area contributed by atoms with Gasteiger partial charge in [-0.25, -0.2) is 0 Å². The fourth-order valence-corrected chi connectivity index (χ4v) is 1.64. The number of aromatic nitrogens is 2. The van der Waals surface area contributed by atoms with Crippen LogP contribution in [-0.2, 0) is 6.42 Å². The average molecular weight is 164 g/mol. The zero-order valence-corrected chi connectivity index (χ0v) is 7.59. The molecule has 2 heteroatoms. The summed E-state index contributed by atoms with van der Waals surface area (Å²) in [4.78, 5) is 0. The number of allylic oxidation sites excluding steroid dienone is 1. The lowest BCUT2D eigenvalue weighted by molar-refractivity contribution is 0.709. The van der Waals surface area contributed by atoms with Gasteiger partial charge in [-0.05, 0) is 30.4 Å². The third-order valence-corrected chi connectivity index (χ3v) is 2.51. The normalized spacial score (nSPS) is 16.1. The van der Waals surface area contributed by atoms with Crippen molar-refractivity contribution in [3.8, 4) is 0 Å². The van der Waals surface area contributed by atoms with Gasteiger partial charge < -0.3 is 0 Å². The van der Waals surface area contributed by atoms with Gasteiger partial charge in [-0.15, -0.1) is 0 Å². The maximum atomic E-state index is 4.03. The van der Waals surface area contributed by atoms with E-state index in [-0.39, 0.29) is 1.43 Å². The molecule has 0 amide bonds. The summed E-state index contributed by atoms with van der Waals surface area (Å²) >= 11 is 0. The van der Waals surface area contributed by atoms with Crippen LogP contribution < -0.4 is 0 Å². The van der Waals surface area contributed by atoms with Crippen LogP contribution in [-0.4, -0.2) is 10.2 Å². The highest BCUT2D eigenvalue weighted by Crippen LogP contribution is 2.26. The number of fused-ring (bicyclic) bond motifs is 1. The molecule has 2 rings (SSSR count). The molecule has 1 N–H and O–H groups in total. The predicted octanol–water partition coefficient (Wildman–Crippen LogP) is 2.64. The van der Waals surface area contributed by atoms with Gasteiger partial charge >= 0.3 is 0 Å². The van der Waals surface area contributed by atoms with Crippen molar-refractivity contribution in [3.63, 3.8) is 0 Å². The van der Waals surface area contributed by atoms with E-state index >= 15 is 0 Å². The molecule has 1 aromatic rings. The maximum Gasteiger partial charge on any atom is 0.0609 e. The summed E-state index contributed by atoms with van der Waals surface area (Å²) in [5, 5.41) is 7.04. The molecular formula is C10H16N2. The van der Waals surface area contributed by atoms with E-state index in [1.807, 2.05) is 6.20 Å². The molecule has 0 saturated heterocycles. The SMILES string of the molecule is CC(C)C1=Cc2[nH]ncc2CC1.[HH]. The minimum absolute atomic E-state index is 0. The summed E-state index contributed by atoms with van der Waals surface area (Å²) in [7, 11) is 0. The molecule has 1 heterocycles. The first kappa shape index (κ1) is 7.59. The van der Waals surface area contributed by atoms with Crippen molar-refractivity contribution >= 4 is 6.08 Å². The van der Waals surface area contributed by atoms with Gasteiger partial charge in [-0.1, -0.05) is 19.4 Å². The number of aromatic amines is 1. The van der Waals surface area contributed by atoms with Gasteiger partial charge in [-0.2, -0.15) is 5.10 Å². The minimum atomic E-state index is 0. The molecule has 1 aromatic heterocycles. The number of aryl methyl sites for hydroxylation is 1. The number of nitrogens with zero attached hydrogens (tertiary/aromatic N) is 1. The van der Waals surface area contributed by atoms with Crippen LogP contribution >= 0.6 is 0 Å². The summed E-state index contributed by atoms with van der Waals surface area (Å²) in [5.41, 5.74) is 4.11. The van der Waals surface area contributed by atoms with E-state index in [9.17, 15) is 0 Å². The Morgan fingerprint density at radius 2 is 2.33 bits per heavy atom. The van der Waals surface area contributed by atoms with Crippen molar-refractivity contribution in [1.82, 2.24) is 10.2 Å². The van der Waals surface area contributed by atoms with Crippen molar-refractivity contribution in [3.05, 3.63) is 23.0 Å². The van der Waals surface area contributed by atoms with Gasteiger partial charge in [0.15, 0.2) is 0 Å². The Bertz CT molecular complexity index is 312. The Morgan fingerprint density at radius 3 is 3.08 bits per heavy atom. The van der Waals surface area contributed by atoms with E-state index < -0.39 is 0 Å².